The Bertz CT molecular complexity index is 620. The lowest BCUT2D eigenvalue weighted by atomic mass is 9.85. The summed E-state index contributed by atoms with van der Waals surface area (Å²) in [5, 5.41) is 3.04. The zero-order valence-corrected chi connectivity index (χ0v) is 17.2. The van der Waals surface area contributed by atoms with Gasteiger partial charge in [-0.3, -0.25) is 10.2 Å². The van der Waals surface area contributed by atoms with Crippen molar-refractivity contribution in [1.29, 1.82) is 0 Å². The van der Waals surface area contributed by atoms with E-state index in [4.69, 9.17) is 10.5 Å². The van der Waals surface area contributed by atoms with Crippen molar-refractivity contribution in [2.45, 2.75) is 100 Å². The molecule has 4 aliphatic heterocycles. The molecule has 31 heavy (non-hydrogen) atoms. The minimum absolute atomic E-state index is 0.0120. The Kier molecular flexibility index (Phi) is 6.78. The number of ether oxygens (including phenoxy) is 1. The number of halogens is 6. The highest BCUT2D eigenvalue weighted by Gasteiger charge is 2.55. The van der Waals surface area contributed by atoms with Crippen LogP contribution >= 0.6 is 0 Å². The molecule has 6 unspecified atom stereocenters. The average Bonchev–Trinajstić information content (AvgIpc) is 3.31. The molecule has 0 aromatic heterocycles. The Hall–Kier alpha value is -0.660. The van der Waals surface area contributed by atoms with Gasteiger partial charge in [-0.25, -0.2) is 10.9 Å². The van der Waals surface area contributed by atoms with E-state index in [1.165, 1.54) is 0 Å². The third-order valence-corrected chi connectivity index (χ3v) is 7.26. The van der Waals surface area contributed by atoms with Crippen molar-refractivity contribution in [3.8, 4) is 0 Å². The van der Waals surface area contributed by atoms with Crippen molar-refractivity contribution in [1.82, 2.24) is 21.1 Å². The van der Waals surface area contributed by atoms with Crippen LogP contribution in [0.15, 0.2) is 0 Å². The molecule has 4 saturated heterocycles. The molecule has 0 saturated carbocycles. The number of nitrogens with two attached hydrogens (primary N) is 1. The van der Waals surface area contributed by atoms with Gasteiger partial charge in [-0.2, -0.15) is 26.3 Å². The van der Waals surface area contributed by atoms with E-state index < -0.39 is 54.9 Å². The van der Waals surface area contributed by atoms with E-state index in [0.717, 1.165) is 12.8 Å². The largest absolute Gasteiger partial charge is 0.395 e. The lowest BCUT2D eigenvalue weighted by molar-refractivity contribution is -0.219. The predicted molar refractivity (Wildman–Crippen MR) is 100 cm³/mol. The van der Waals surface area contributed by atoms with E-state index in [2.05, 4.69) is 16.2 Å². The Balaban J connectivity index is 1.61. The molecule has 180 valence electrons. The standard InChI is InChI=1S/C19H31F6N5O/c20-18(21,22)11-7-3-1-2-5-10-6-4-8-30(10)15-12(19(23,24)25)9-13(26)14(27-15)17-29-28-16(11)31-17/h10-17,27-29H,1-9,26H2/t10-,11+,12?,13?,14?,15?,16?,17?/m0/s1. The third kappa shape index (κ3) is 4.98. The lowest BCUT2D eigenvalue weighted by Crippen LogP contribution is -2.70. The Labute approximate surface area is 177 Å². The maximum Gasteiger partial charge on any atom is 0.395 e. The first kappa shape index (κ1) is 23.5. The summed E-state index contributed by atoms with van der Waals surface area (Å²) in [5.41, 5.74) is 11.4. The van der Waals surface area contributed by atoms with Gasteiger partial charge in [0.05, 0.1) is 24.0 Å². The number of hydrogen-bond donors (Lipinski definition) is 4. The van der Waals surface area contributed by atoms with Gasteiger partial charge in [-0.1, -0.05) is 19.3 Å². The quantitative estimate of drug-likeness (QED) is 0.418. The lowest BCUT2D eigenvalue weighted by Gasteiger charge is -2.48. The van der Waals surface area contributed by atoms with Gasteiger partial charge in [0, 0.05) is 12.1 Å². The minimum Gasteiger partial charge on any atom is -0.340 e. The van der Waals surface area contributed by atoms with Gasteiger partial charge in [0.25, 0.3) is 0 Å². The minimum atomic E-state index is -4.44. The summed E-state index contributed by atoms with van der Waals surface area (Å²) in [6.07, 6.45) is -8.48. The van der Waals surface area contributed by atoms with Gasteiger partial charge in [0.1, 0.15) is 12.5 Å². The first-order valence-electron chi connectivity index (χ1n) is 11.1. The van der Waals surface area contributed by atoms with Crippen molar-refractivity contribution in [3.05, 3.63) is 0 Å². The summed E-state index contributed by atoms with van der Waals surface area (Å²) in [4.78, 5) is 1.90. The SMILES string of the molecule is NC1CC(C(F)(F)F)C2NC1C1NNC(O1)[C@H](C(F)(F)F)CCCCC[C@H]1CCCN21. The number of nitrogens with one attached hydrogen (secondary N) is 3. The Morgan fingerprint density at radius 3 is 2.16 bits per heavy atom. The van der Waals surface area contributed by atoms with Gasteiger partial charge in [-0.15, -0.1) is 0 Å². The summed E-state index contributed by atoms with van der Waals surface area (Å²) in [6, 6.07) is -1.68. The highest BCUT2D eigenvalue weighted by atomic mass is 19.4. The van der Waals surface area contributed by atoms with Crippen LogP contribution in [0.1, 0.15) is 51.4 Å². The fraction of sp³-hybridized carbons (Fsp3) is 1.00. The van der Waals surface area contributed by atoms with Crippen LogP contribution in [0.5, 0.6) is 0 Å². The Morgan fingerprint density at radius 1 is 0.806 bits per heavy atom. The monoisotopic (exact) mass is 459 g/mol. The van der Waals surface area contributed by atoms with Crippen molar-refractivity contribution >= 4 is 0 Å². The zero-order valence-electron chi connectivity index (χ0n) is 17.2. The average molecular weight is 459 g/mol. The molecule has 0 aromatic rings. The molecule has 0 aliphatic carbocycles. The second-order valence-corrected chi connectivity index (χ2v) is 9.27. The summed E-state index contributed by atoms with van der Waals surface area (Å²) in [7, 11) is 0. The molecule has 4 aliphatic rings. The second kappa shape index (κ2) is 8.94. The third-order valence-electron chi connectivity index (χ3n) is 7.26. The molecule has 0 radical (unpaired) electrons. The molecule has 4 heterocycles. The van der Waals surface area contributed by atoms with Crippen molar-refractivity contribution < 1.29 is 31.1 Å². The van der Waals surface area contributed by atoms with E-state index in [1.54, 1.807) is 0 Å². The van der Waals surface area contributed by atoms with Gasteiger partial charge >= 0.3 is 12.4 Å². The van der Waals surface area contributed by atoms with Crippen LogP contribution < -0.4 is 21.9 Å². The molecule has 4 bridgehead atoms. The molecule has 8 atom stereocenters. The number of piperidine rings is 1. The second-order valence-electron chi connectivity index (χ2n) is 9.27. The molecule has 6 nitrogen and oxygen atoms in total. The maximum absolute atomic E-state index is 13.9. The first-order valence-corrected chi connectivity index (χ1v) is 11.1. The Morgan fingerprint density at radius 2 is 1.45 bits per heavy atom. The van der Waals surface area contributed by atoms with E-state index in [1.807, 2.05) is 4.90 Å². The number of alkyl halides is 6. The zero-order chi connectivity index (χ0) is 22.4. The van der Waals surface area contributed by atoms with Gasteiger partial charge in [-0.05, 0) is 38.6 Å². The molecule has 0 aromatic carbocycles. The van der Waals surface area contributed by atoms with E-state index >= 15 is 0 Å². The molecule has 5 N–H and O–H groups in total. The van der Waals surface area contributed by atoms with Gasteiger partial charge in [0.15, 0.2) is 0 Å². The molecule has 4 fully saturated rings. The van der Waals surface area contributed by atoms with Crippen LogP contribution in [0.3, 0.4) is 0 Å². The molecule has 0 amide bonds. The van der Waals surface area contributed by atoms with Crippen LogP contribution in [0.4, 0.5) is 26.3 Å². The van der Waals surface area contributed by atoms with Gasteiger partial charge < -0.3 is 10.5 Å². The van der Waals surface area contributed by atoms with Crippen LogP contribution in [0.25, 0.3) is 0 Å². The van der Waals surface area contributed by atoms with Crippen LogP contribution in [0, 0.1) is 11.8 Å². The highest BCUT2D eigenvalue weighted by molar-refractivity contribution is 5.02. The smallest absolute Gasteiger partial charge is 0.340 e. The molecule has 0 spiro atoms. The van der Waals surface area contributed by atoms with Crippen LogP contribution in [-0.4, -0.2) is 60.5 Å². The molecular weight excluding hydrogens is 428 g/mol. The van der Waals surface area contributed by atoms with Crippen molar-refractivity contribution in [2.75, 3.05) is 6.54 Å². The van der Waals surface area contributed by atoms with Crippen LogP contribution in [0.2, 0.25) is 0 Å². The number of hydrogen-bond acceptors (Lipinski definition) is 6. The number of hydrazine groups is 1. The fourth-order valence-electron chi connectivity index (χ4n) is 5.66. The maximum atomic E-state index is 13.9. The van der Waals surface area contributed by atoms with E-state index in [9.17, 15) is 26.3 Å². The molecule has 4 rings (SSSR count). The summed E-state index contributed by atoms with van der Waals surface area (Å²) in [5.74, 6) is -3.34. The number of fused-ring (bicyclic) bond motifs is 7. The van der Waals surface area contributed by atoms with Crippen molar-refractivity contribution in [3.63, 3.8) is 0 Å². The molecule has 12 heteroatoms. The molecular formula is C19H31F6N5O. The summed E-state index contributed by atoms with van der Waals surface area (Å²) < 4.78 is 88.3. The first-order chi connectivity index (χ1) is 14.6. The topological polar surface area (TPSA) is 74.6 Å². The fourth-order valence-corrected chi connectivity index (χ4v) is 5.66. The van der Waals surface area contributed by atoms with E-state index in [-0.39, 0.29) is 18.9 Å². The number of rotatable bonds is 0. The van der Waals surface area contributed by atoms with E-state index in [0.29, 0.717) is 32.2 Å². The van der Waals surface area contributed by atoms with Gasteiger partial charge in [0.2, 0.25) is 0 Å². The highest BCUT2D eigenvalue weighted by Crippen LogP contribution is 2.41. The number of nitrogens with zero attached hydrogens (tertiary/aromatic N) is 1. The predicted octanol–water partition coefficient (Wildman–Crippen LogP) is 2.56. The van der Waals surface area contributed by atoms with Crippen LogP contribution in [-0.2, 0) is 4.74 Å². The normalized spacial score (nSPS) is 43.5. The summed E-state index contributed by atoms with van der Waals surface area (Å²) >= 11 is 0. The van der Waals surface area contributed by atoms with Crippen molar-refractivity contribution in [2.24, 2.45) is 17.6 Å². The summed E-state index contributed by atoms with van der Waals surface area (Å²) in [6.45, 7) is 0.562.